The highest BCUT2D eigenvalue weighted by atomic mass is 16.5. The number of benzene rings is 1. The Bertz CT molecular complexity index is 553. The maximum absolute atomic E-state index is 9.46. The summed E-state index contributed by atoms with van der Waals surface area (Å²) in [6.45, 7) is 6.47. The summed E-state index contributed by atoms with van der Waals surface area (Å²) in [5.74, 6) is 1.07. The number of ether oxygens (including phenoxy) is 1. The Morgan fingerprint density at radius 1 is 1.37 bits per heavy atom. The minimum atomic E-state index is -0.548. The lowest BCUT2D eigenvalue weighted by Gasteiger charge is -2.23. The second-order valence-electron chi connectivity index (χ2n) is 4.49. The van der Waals surface area contributed by atoms with Crippen molar-refractivity contribution in [2.45, 2.75) is 32.8 Å². The van der Waals surface area contributed by atoms with Gasteiger partial charge < -0.3 is 14.4 Å². The van der Waals surface area contributed by atoms with Crippen LogP contribution in [0.5, 0.6) is 5.75 Å². The number of phenols is 1. The van der Waals surface area contributed by atoms with Gasteiger partial charge in [0, 0.05) is 12.2 Å². The van der Waals surface area contributed by atoms with Gasteiger partial charge in [-0.05, 0) is 38.5 Å². The molecular formula is C14H18N2O3. The van der Waals surface area contributed by atoms with Gasteiger partial charge in [-0.1, -0.05) is 18.1 Å². The molecule has 5 nitrogen and oxygen atoms in total. The molecule has 1 unspecified atom stereocenters. The molecule has 0 amide bonds. The lowest BCUT2D eigenvalue weighted by atomic mass is 10.0. The topological polar surface area (TPSA) is 68.4 Å². The van der Waals surface area contributed by atoms with Crippen LogP contribution in [0.1, 0.15) is 33.0 Å². The van der Waals surface area contributed by atoms with Crippen LogP contribution in [0.15, 0.2) is 28.8 Å². The molecule has 0 fully saturated rings. The fraction of sp³-hybridized carbons (Fsp3) is 0.429. The number of aromatic hydroxyl groups is 1. The van der Waals surface area contributed by atoms with Gasteiger partial charge in [0.2, 0.25) is 5.82 Å². The van der Waals surface area contributed by atoms with Gasteiger partial charge in [0.25, 0.3) is 5.89 Å². The normalized spacial score (nSPS) is 14.3. The molecular weight excluding hydrogens is 244 g/mol. The molecule has 0 saturated heterocycles. The molecule has 1 aromatic carbocycles. The summed E-state index contributed by atoms with van der Waals surface area (Å²) in [4.78, 5) is 4.37. The molecule has 0 aliphatic carbocycles. The van der Waals surface area contributed by atoms with Crippen molar-refractivity contribution in [3.05, 3.63) is 30.1 Å². The van der Waals surface area contributed by atoms with E-state index < -0.39 is 5.60 Å². The summed E-state index contributed by atoms with van der Waals surface area (Å²) in [6, 6.07) is 6.72. The third kappa shape index (κ3) is 2.76. The highest BCUT2D eigenvalue weighted by molar-refractivity contribution is 5.55. The van der Waals surface area contributed by atoms with Crippen LogP contribution >= 0.6 is 0 Å². The van der Waals surface area contributed by atoms with Gasteiger partial charge in [-0.2, -0.15) is 4.98 Å². The first-order valence-electron chi connectivity index (χ1n) is 6.36. The first-order valence-corrected chi connectivity index (χ1v) is 6.36. The van der Waals surface area contributed by atoms with Crippen LogP contribution in [0.4, 0.5) is 0 Å². The fourth-order valence-corrected chi connectivity index (χ4v) is 1.84. The van der Waals surface area contributed by atoms with Gasteiger partial charge in [-0.15, -0.1) is 0 Å². The van der Waals surface area contributed by atoms with Crippen molar-refractivity contribution >= 4 is 0 Å². The summed E-state index contributed by atoms with van der Waals surface area (Å²) in [5, 5.41) is 13.4. The molecule has 2 aromatic rings. The fourth-order valence-electron chi connectivity index (χ4n) is 1.84. The van der Waals surface area contributed by atoms with E-state index >= 15 is 0 Å². The van der Waals surface area contributed by atoms with E-state index in [1.165, 1.54) is 0 Å². The van der Waals surface area contributed by atoms with E-state index in [2.05, 4.69) is 10.1 Å². The first-order chi connectivity index (χ1) is 9.09. The molecule has 102 valence electrons. The summed E-state index contributed by atoms with van der Waals surface area (Å²) in [7, 11) is 0. The Balaban J connectivity index is 2.33. The molecule has 0 spiro atoms. The largest absolute Gasteiger partial charge is 0.508 e. The second kappa shape index (κ2) is 5.40. The van der Waals surface area contributed by atoms with Crippen molar-refractivity contribution in [1.82, 2.24) is 10.1 Å². The van der Waals surface area contributed by atoms with E-state index in [0.29, 0.717) is 23.9 Å². The van der Waals surface area contributed by atoms with Gasteiger partial charge in [-0.25, -0.2) is 0 Å². The van der Waals surface area contributed by atoms with Crippen molar-refractivity contribution in [3.63, 3.8) is 0 Å². The van der Waals surface area contributed by atoms with Crippen molar-refractivity contribution < 1.29 is 14.4 Å². The quantitative estimate of drug-likeness (QED) is 0.896. The lowest BCUT2D eigenvalue weighted by Crippen LogP contribution is -2.26. The zero-order chi connectivity index (χ0) is 13.9. The molecule has 5 heteroatoms. The van der Waals surface area contributed by atoms with Gasteiger partial charge in [-0.3, -0.25) is 0 Å². The van der Waals surface area contributed by atoms with Crippen LogP contribution in [-0.2, 0) is 10.3 Å². The number of hydrogen-bond acceptors (Lipinski definition) is 5. The Morgan fingerprint density at radius 2 is 2.16 bits per heavy atom. The van der Waals surface area contributed by atoms with Crippen LogP contribution in [-0.4, -0.2) is 21.9 Å². The van der Waals surface area contributed by atoms with E-state index in [1.807, 2.05) is 20.8 Å². The molecule has 1 N–H and O–H groups in total. The average molecular weight is 262 g/mol. The zero-order valence-corrected chi connectivity index (χ0v) is 11.4. The molecule has 0 bridgehead atoms. The summed E-state index contributed by atoms with van der Waals surface area (Å²) < 4.78 is 11.0. The number of rotatable bonds is 5. The maximum atomic E-state index is 9.46. The Morgan fingerprint density at radius 3 is 2.79 bits per heavy atom. The standard InChI is InChI=1S/C14H18N2O3/c1-4-14(3,18-5-2)13-15-12(19-16-13)10-7-6-8-11(17)9-10/h6-9,17H,4-5H2,1-3H3. The van der Waals surface area contributed by atoms with E-state index in [1.54, 1.807) is 24.3 Å². The SMILES string of the molecule is CCOC(C)(CC)c1noc(-c2cccc(O)c2)n1. The smallest absolute Gasteiger partial charge is 0.258 e. The van der Waals surface area contributed by atoms with Crippen molar-refractivity contribution in [3.8, 4) is 17.2 Å². The lowest BCUT2D eigenvalue weighted by molar-refractivity contribution is -0.0403. The third-order valence-corrected chi connectivity index (χ3v) is 3.13. The van der Waals surface area contributed by atoms with Crippen molar-refractivity contribution in [1.29, 1.82) is 0 Å². The molecule has 0 aliphatic heterocycles. The molecule has 0 aliphatic rings. The van der Waals surface area contributed by atoms with E-state index in [9.17, 15) is 5.11 Å². The van der Waals surface area contributed by atoms with Crippen molar-refractivity contribution in [2.24, 2.45) is 0 Å². The van der Waals surface area contributed by atoms with Crippen LogP contribution in [0.25, 0.3) is 11.5 Å². The van der Waals surface area contributed by atoms with Gasteiger partial charge in [0.15, 0.2) is 0 Å². The number of aromatic nitrogens is 2. The highest BCUT2D eigenvalue weighted by Gasteiger charge is 2.31. The summed E-state index contributed by atoms with van der Waals surface area (Å²) in [5.41, 5.74) is 0.140. The minimum Gasteiger partial charge on any atom is -0.508 e. The molecule has 19 heavy (non-hydrogen) atoms. The second-order valence-corrected chi connectivity index (χ2v) is 4.49. The van der Waals surface area contributed by atoms with Gasteiger partial charge in [0.1, 0.15) is 11.4 Å². The summed E-state index contributed by atoms with van der Waals surface area (Å²) in [6.07, 6.45) is 0.750. The Hall–Kier alpha value is -1.88. The zero-order valence-electron chi connectivity index (χ0n) is 11.4. The van der Waals surface area contributed by atoms with E-state index in [4.69, 9.17) is 9.26 Å². The van der Waals surface area contributed by atoms with E-state index in [-0.39, 0.29) is 5.75 Å². The maximum Gasteiger partial charge on any atom is 0.258 e. The van der Waals surface area contributed by atoms with Crippen LogP contribution < -0.4 is 0 Å². The highest BCUT2D eigenvalue weighted by Crippen LogP contribution is 2.29. The van der Waals surface area contributed by atoms with E-state index in [0.717, 1.165) is 6.42 Å². The molecule has 1 aromatic heterocycles. The number of hydrogen-bond donors (Lipinski definition) is 1. The average Bonchev–Trinajstić information content (AvgIpc) is 2.89. The van der Waals surface area contributed by atoms with Crippen molar-refractivity contribution in [2.75, 3.05) is 6.61 Å². The third-order valence-electron chi connectivity index (χ3n) is 3.13. The Kier molecular flexibility index (Phi) is 3.85. The molecule has 2 rings (SSSR count). The van der Waals surface area contributed by atoms with Gasteiger partial charge >= 0.3 is 0 Å². The minimum absolute atomic E-state index is 0.167. The molecule has 1 heterocycles. The molecule has 0 saturated carbocycles. The van der Waals surface area contributed by atoms with Crippen LogP contribution in [0, 0.1) is 0 Å². The molecule has 0 radical (unpaired) electrons. The summed E-state index contributed by atoms with van der Waals surface area (Å²) >= 11 is 0. The Labute approximate surface area is 112 Å². The van der Waals surface area contributed by atoms with Crippen LogP contribution in [0.2, 0.25) is 0 Å². The number of nitrogens with zero attached hydrogens (tertiary/aromatic N) is 2. The number of phenolic OH excluding ortho intramolecular Hbond substituents is 1. The predicted octanol–water partition coefficient (Wildman–Crippen LogP) is 3.10. The molecule has 1 atom stereocenters. The van der Waals surface area contributed by atoms with Crippen LogP contribution in [0.3, 0.4) is 0 Å². The van der Waals surface area contributed by atoms with Gasteiger partial charge in [0.05, 0.1) is 0 Å². The monoisotopic (exact) mass is 262 g/mol. The first kappa shape index (κ1) is 13.5. The predicted molar refractivity (Wildman–Crippen MR) is 70.7 cm³/mol.